The Morgan fingerprint density at radius 1 is 1.12 bits per heavy atom. The molecule has 0 fully saturated rings. The van der Waals surface area contributed by atoms with Crippen LogP contribution in [0, 0.1) is 5.41 Å². The third kappa shape index (κ3) is 3.95. The standard InChI is InChI=1S/C19H28O5/c1-11-7-16(23-10-22-6)17(24-18(21)19(3,4)5)9-14-12(2)15(20)8-13(11)14/h16-17H,7-10H2,1-6H3/t16-,17-/m1/s1. The molecule has 0 unspecified atom stereocenters. The highest BCUT2D eigenvalue weighted by molar-refractivity contribution is 6.02. The number of ketones is 1. The summed E-state index contributed by atoms with van der Waals surface area (Å²) in [7, 11) is 1.57. The minimum atomic E-state index is -0.585. The summed E-state index contributed by atoms with van der Waals surface area (Å²) < 4.78 is 16.6. The van der Waals surface area contributed by atoms with E-state index in [1.807, 2.05) is 34.6 Å². The second kappa shape index (κ2) is 7.19. The minimum absolute atomic E-state index is 0.147. The van der Waals surface area contributed by atoms with Gasteiger partial charge < -0.3 is 14.2 Å². The van der Waals surface area contributed by atoms with Crippen LogP contribution in [0.1, 0.15) is 53.9 Å². The lowest BCUT2D eigenvalue weighted by Crippen LogP contribution is -2.37. The Labute approximate surface area is 144 Å². The molecule has 0 N–H and O–H groups in total. The van der Waals surface area contributed by atoms with Gasteiger partial charge in [0.1, 0.15) is 19.0 Å². The van der Waals surface area contributed by atoms with Gasteiger partial charge in [-0.05, 0) is 57.8 Å². The predicted octanol–water partition coefficient (Wildman–Crippen LogP) is 3.33. The smallest absolute Gasteiger partial charge is 0.311 e. The maximum absolute atomic E-state index is 12.4. The first-order valence-electron chi connectivity index (χ1n) is 8.38. The molecule has 5 nitrogen and oxygen atoms in total. The van der Waals surface area contributed by atoms with E-state index in [2.05, 4.69) is 0 Å². The van der Waals surface area contributed by atoms with Crippen LogP contribution < -0.4 is 0 Å². The first-order valence-corrected chi connectivity index (χ1v) is 8.38. The van der Waals surface area contributed by atoms with Crippen LogP contribution in [0.15, 0.2) is 22.3 Å². The highest BCUT2D eigenvalue weighted by Crippen LogP contribution is 2.40. The number of rotatable bonds is 4. The van der Waals surface area contributed by atoms with Gasteiger partial charge in [-0.2, -0.15) is 0 Å². The summed E-state index contributed by atoms with van der Waals surface area (Å²) in [5, 5.41) is 0. The topological polar surface area (TPSA) is 61.8 Å². The number of esters is 1. The van der Waals surface area contributed by atoms with Gasteiger partial charge in [0, 0.05) is 20.0 Å². The molecule has 2 aliphatic rings. The summed E-state index contributed by atoms with van der Waals surface area (Å²) in [6.07, 6.45) is 0.898. The molecule has 0 saturated carbocycles. The molecule has 0 bridgehead atoms. The molecule has 24 heavy (non-hydrogen) atoms. The van der Waals surface area contributed by atoms with E-state index in [9.17, 15) is 9.59 Å². The molecule has 5 heteroatoms. The Kier molecular flexibility index (Phi) is 5.66. The van der Waals surface area contributed by atoms with E-state index in [0.717, 1.165) is 22.3 Å². The largest absolute Gasteiger partial charge is 0.459 e. The lowest BCUT2D eigenvalue weighted by Gasteiger charge is -2.28. The first kappa shape index (κ1) is 18.9. The average Bonchev–Trinajstić information content (AvgIpc) is 2.70. The summed E-state index contributed by atoms with van der Waals surface area (Å²) in [5.74, 6) is -0.0984. The summed E-state index contributed by atoms with van der Waals surface area (Å²) in [5.41, 5.74) is 3.45. The highest BCUT2D eigenvalue weighted by atomic mass is 16.7. The normalized spacial score (nSPS) is 25.0. The number of hydrogen-bond donors (Lipinski definition) is 0. The molecule has 0 aromatic rings. The SMILES string of the molecule is COCO[C@@H]1CC(C)=C2CC(=O)C(C)=C2C[C@H]1OC(=O)C(C)(C)C. The molecule has 0 aromatic heterocycles. The lowest BCUT2D eigenvalue weighted by molar-refractivity contribution is -0.173. The van der Waals surface area contributed by atoms with E-state index >= 15 is 0 Å². The zero-order valence-electron chi connectivity index (χ0n) is 15.5. The summed E-state index contributed by atoms with van der Waals surface area (Å²) in [6, 6.07) is 0. The Morgan fingerprint density at radius 2 is 1.79 bits per heavy atom. The molecule has 0 aromatic carbocycles. The third-order valence-corrected chi connectivity index (χ3v) is 4.69. The van der Waals surface area contributed by atoms with Gasteiger partial charge in [-0.3, -0.25) is 9.59 Å². The van der Waals surface area contributed by atoms with Crippen LogP contribution >= 0.6 is 0 Å². The lowest BCUT2D eigenvalue weighted by atomic mass is 9.96. The summed E-state index contributed by atoms with van der Waals surface area (Å²) in [6.45, 7) is 9.52. The van der Waals surface area contributed by atoms with E-state index in [1.54, 1.807) is 7.11 Å². The van der Waals surface area contributed by atoms with Crippen molar-refractivity contribution in [1.29, 1.82) is 0 Å². The fourth-order valence-electron chi connectivity index (χ4n) is 3.12. The molecule has 0 radical (unpaired) electrons. The number of carbonyl (C=O) groups is 2. The second-order valence-corrected chi connectivity index (χ2v) is 7.68. The predicted molar refractivity (Wildman–Crippen MR) is 90.3 cm³/mol. The van der Waals surface area contributed by atoms with Crippen LogP contribution in [0.3, 0.4) is 0 Å². The van der Waals surface area contributed by atoms with Crippen LogP contribution in [0.4, 0.5) is 0 Å². The van der Waals surface area contributed by atoms with E-state index < -0.39 is 11.5 Å². The molecule has 2 aliphatic carbocycles. The van der Waals surface area contributed by atoms with Crippen LogP contribution in [0.2, 0.25) is 0 Å². The highest BCUT2D eigenvalue weighted by Gasteiger charge is 2.38. The monoisotopic (exact) mass is 336 g/mol. The Balaban J connectivity index is 2.31. The van der Waals surface area contributed by atoms with Gasteiger partial charge >= 0.3 is 5.97 Å². The number of hydrogen-bond acceptors (Lipinski definition) is 5. The van der Waals surface area contributed by atoms with Gasteiger partial charge in [0.2, 0.25) is 0 Å². The number of carbonyl (C=O) groups excluding carboxylic acids is 2. The number of ether oxygens (including phenoxy) is 3. The molecule has 0 aliphatic heterocycles. The van der Waals surface area contributed by atoms with E-state index in [0.29, 0.717) is 19.3 Å². The number of allylic oxidation sites excluding steroid dienone is 2. The van der Waals surface area contributed by atoms with E-state index in [4.69, 9.17) is 14.2 Å². The van der Waals surface area contributed by atoms with Gasteiger partial charge in [-0.1, -0.05) is 5.57 Å². The van der Waals surface area contributed by atoms with Gasteiger partial charge in [-0.25, -0.2) is 0 Å². The van der Waals surface area contributed by atoms with Crippen LogP contribution in [-0.2, 0) is 23.8 Å². The van der Waals surface area contributed by atoms with Crippen molar-refractivity contribution < 1.29 is 23.8 Å². The number of fused-ring (bicyclic) bond motifs is 1. The van der Waals surface area contributed by atoms with Crippen molar-refractivity contribution in [3.05, 3.63) is 22.3 Å². The zero-order valence-corrected chi connectivity index (χ0v) is 15.5. The molecule has 134 valence electrons. The first-order chi connectivity index (χ1) is 11.1. The van der Waals surface area contributed by atoms with Gasteiger partial charge in [-0.15, -0.1) is 0 Å². The molecular formula is C19H28O5. The molecule has 0 amide bonds. The summed E-state index contributed by atoms with van der Waals surface area (Å²) >= 11 is 0. The van der Waals surface area contributed by atoms with E-state index in [1.165, 1.54) is 0 Å². The van der Waals surface area contributed by atoms with Gasteiger partial charge in [0.05, 0.1) is 5.41 Å². The van der Waals surface area contributed by atoms with Gasteiger partial charge in [0.25, 0.3) is 0 Å². The number of methoxy groups -OCH3 is 1. The van der Waals surface area contributed by atoms with Crippen LogP contribution in [0.25, 0.3) is 0 Å². The molecular weight excluding hydrogens is 308 g/mol. The van der Waals surface area contributed by atoms with Crippen molar-refractivity contribution in [3.8, 4) is 0 Å². The Hall–Kier alpha value is -1.46. The second-order valence-electron chi connectivity index (χ2n) is 7.68. The average molecular weight is 336 g/mol. The molecule has 2 atom stereocenters. The maximum atomic E-state index is 12.4. The van der Waals surface area contributed by atoms with E-state index in [-0.39, 0.29) is 24.6 Å². The Bertz CT molecular complexity index is 591. The minimum Gasteiger partial charge on any atom is -0.459 e. The van der Waals surface area contributed by atoms with Crippen LogP contribution in [0.5, 0.6) is 0 Å². The fraction of sp³-hybridized carbons (Fsp3) is 0.684. The molecule has 0 spiro atoms. The molecule has 2 rings (SSSR count). The fourth-order valence-corrected chi connectivity index (χ4v) is 3.12. The molecule has 0 saturated heterocycles. The molecule has 0 heterocycles. The number of Topliss-reactive ketones (excluding diaryl/α,β-unsaturated/α-hetero) is 1. The van der Waals surface area contributed by atoms with Crippen molar-refractivity contribution in [2.75, 3.05) is 13.9 Å². The van der Waals surface area contributed by atoms with Crippen molar-refractivity contribution in [1.82, 2.24) is 0 Å². The zero-order chi connectivity index (χ0) is 18.1. The van der Waals surface area contributed by atoms with Crippen molar-refractivity contribution in [3.63, 3.8) is 0 Å². The Morgan fingerprint density at radius 3 is 2.38 bits per heavy atom. The van der Waals surface area contributed by atoms with Crippen LogP contribution in [-0.4, -0.2) is 37.9 Å². The quantitative estimate of drug-likeness (QED) is 0.582. The van der Waals surface area contributed by atoms with Crippen molar-refractivity contribution in [2.24, 2.45) is 5.41 Å². The maximum Gasteiger partial charge on any atom is 0.311 e. The van der Waals surface area contributed by atoms with Crippen molar-refractivity contribution >= 4 is 11.8 Å². The third-order valence-electron chi connectivity index (χ3n) is 4.69. The summed E-state index contributed by atoms with van der Waals surface area (Å²) in [4.78, 5) is 24.5. The van der Waals surface area contributed by atoms with Gasteiger partial charge in [0.15, 0.2) is 5.78 Å². The van der Waals surface area contributed by atoms with Crippen molar-refractivity contribution in [2.45, 2.75) is 66.1 Å².